The van der Waals surface area contributed by atoms with Crippen molar-refractivity contribution in [2.75, 3.05) is 0 Å². The Morgan fingerprint density at radius 3 is 1.74 bits per heavy atom. The standard InChI is InChI=1S/C46H27N3O/c1-2-10-28(11-3-1)33-20-23-37-40(27-33)50-45-43(34-19-18-29-12-4-5-15-32(29)26-34)47-46(48-44(37)45)49-38-24-21-30-13-6-8-16-35(30)41(38)42-36-17-9-7-14-31(36)22-25-39(42)49/h1-27H. The van der Waals surface area contributed by atoms with Crippen LogP contribution in [0.15, 0.2) is 168 Å². The van der Waals surface area contributed by atoms with E-state index in [1.807, 2.05) is 6.07 Å². The SMILES string of the molecule is c1ccc(-c2ccc3c(c2)oc2c(-c4ccc5ccccc5c4)nc(-n4c5ccc6ccccc6c5c5c6ccccc6ccc54)nc23)cc1. The van der Waals surface area contributed by atoms with Gasteiger partial charge in [0, 0.05) is 21.7 Å². The highest BCUT2D eigenvalue weighted by Crippen LogP contribution is 2.42. The minimum atomic E-state index is 0.612. The summed E-state index contributed by atoms with van der Waals surface area (Å²) >= 11 is 0. The summed E-state index contributed by atoms with van der Waals surface area (Å²) in [6.07, 6.45) is 0. The molecule has 50 heavy (non-hydrogen) atoms. The summed E-state index contributed by atoms with van der Waals surface area (Å²) in [5.41, 5.74) is 8.39. The molecular weight excluding hydrogens is 611 g/mol. The third kappa shape index (κ3) is 3.93. The maximum atomic E-state index is 6.74. The van der Waals surface area contributed by atoms with Crippen molar-refractivity contribution in [3.63, 3.8) is 0 Å². The van der Waals surface area contributed by atoms with Crippen LogP contribution in [0.5, 0.6) is 0 Å². The molecule has 0 unspecified atom stereocenters. The number of fused-ring (bicyclic) bond motifs is 11. The lowest BCUT2D eigenvalue weighted by atomic mass is 10.00. The fourth-order valence-electron chi connectivity index (χ4n) is 7.84. The molecule has 0 amide bonds. The molecule has 11 aromatic rings. The van der Waals surface area contributed by atoms with Crippen molar-refractivity contribution in [2.24, 2.45) is 0 Å². The minimum absolute atomic E-state index is 0.612. The van der Waals surface area contributed by atoms with Crippen LogP contribution in [0, 0.1) is 0 Å². The predicted molar refractivity (Wildman–Crippen MR) is 207 cm³/mol. The molecule has 8 aromatic carbocycles. The summed E-state index contributed by atoms with van der Waals surface area (Å²) in [6.45, 7) is 0. The number of nitrogens with zero attached hydrogens (tertiary/aromatic N) is 3. The summed E-state index contributed by atoms with van der Waals surface area (Å²) < 4.78 is 8.98. The van der Waals surface area contributed by atoms with Crippen molar-refractivity contribution in [1.29, 1.82) is 0 Å². The quantitative estimate of drug-likeness (QED) is 0.194. The van der Waals surface area contributed by atoms with E-state index in [9.17, 15) is 0 Å². The monoisotopic (exact) mass is 637 g/mol. The summed E-state index contributed by atoms with van der Waals surface area (Å²) in [6, 6.07) is 57.9. The van der Waals surface area contributed by atoms with Crippen molar-refractivity contribution in [2.45, 2.75) is 0 Å². The Labute approximate surface area is 286 Å². The fourth-order valence-corrected chi connectivity index (χ4v) is 7.84. The second kappa shape index (κ2) is 10.4. The smallest absolute Gasteiger partial charge is 0.236 e. The lowest BCUT2D eigenvalue weighted by Gasteiger charge is -2.10. The van der Waals surface area contributed by atoms with E-state index in [-0.39, 0.29) is 0 Å². The molecule has 0 radical (unpaired) electrons. The number of hydrogen-bond acceptors (Lipinski definition) is 3. The van der Waals surface area contributed by atoms with E-state index in [1.165, 1.54) is 37.7 Å². The number of aromatic nitrogens is 3. The number of benzene rings is 8. The highest BCUT2D eigenvalue weighted by Gasteiger charge is 2.23. The zero-order valence-electron chi connectivity index (χ0n) is 26.8. The minimum Gasteiger partial charge on any atom is -0.452 e. The van der Waals surface area contributed by atoms with E-state index in [0.29, 0.717) is 11.5 Å². The lowest BCUT2D eigenvalue weighted by Crippen LogP contribution is -2.03. The van der Waals surface area contributed by atoms with Gasteiger partial charge in [0.05, 0.1) is 11.0 Å². The molecule has 0 fully saturated rings. The molecule has 3 aromatic heterocycles. The van der Waals surface area contributed by atoms with Crippen molar-refractivity contribution in [3.05, 3.63) is 164 Å². The van der Waals surface area contributed by atoms with E-state index in [0.717, 1.165) is 55.3 Å². The normalized spacial score (nSPS) is 12.0. The molecule has 0 saturated carbocycles. The molecular formula is C46H27N3O. The van der Waals surface area contributed by atoms with Gasteiger partial charge in [-0.3, -0.25) is 4.57 Å². The summed E-state index contributed by atoms with van der Waals surface area (Å²) in [5.74, 6) is 0.612. The van der Waals surface area contributed by atoms with E-state index in [2.05, 4.69) is 162 Å². The molecule has 11 rings (SSSR count). The Bertz CT molecular complexity index is 3060. The average Bonchev–Trinajstić information content (AvgIpc) is 3.73. The van der Waals surface area contributed by atoms with Crippen molar-refractivity contribution < 1.29 is 4.42 Å². The molecule has 0 saturated heterocycles. The van der Waals surface area contributed by atoms with Gasteiger partial charge in [-0.2, -0.15) is 0 Å². The molecule has 0 N–H and O–H groups in total. The highest BCUT2D eigenvalue weighted by molar-refractivity contribution is 6.28. The second-order valence-electron chi connectivity index (χ2n) is 13.0. The average molecular weight is 638 g/mol. The van der Waals surface area contributed by atoms with Gasteiger partial charge in [-0.1, -0.05) is 133 Å². The molecule has 0 aliphatic carbocycles. The largest absolute Gasteiger partial charge is 0.452 e. The summed E-state index contributed by atoms with van der Waals surface area (Å²) in [5, 5.41) is 10.5. The van der Waals surface area contributed by atoms with E-state index >= 15 is 0 Å². The molecule has 4 heteroatoms. The van der Waals surface area contributed by atoms with Crippen molar-refractivity contribution in [1.82, 2.24) is 14.5 Å². The molecule has 4 nitrogen and oxygen atoms in total. The molecule has 0 aliphatic heterocycles. The molecule has 232 valence electrons. The molecule has 0 bridgehead atoms. The van der Waals surface area contributed by atoms with Gasteiger partial charge in [-0.05, 0) is 73.8 Å². The topological polar surface area (TPSA) is 43.9 Å². The van der Waals surface area contributed by atoms with Crippen LogP contribution in [0.2, 0.25) is 0 Å². The highest BCUT2D eigenvalue weighted by atomic mass is 16.3. The van der Waals surface area contributed by atoms with Crippen LogP contribution in [0.25, 0.3) is 105 Å². The van der Waals surface area contributed by atoms with Gasteiger partial charge >= 0.3 is 0 Å². The molecule has 0 aliphatic rings. The van der Waals surface area contributed by atoms with Crippen molar-refractivity contribution >= 4 is 76.2 Å². The predicted octanol–water partition coefficient (Wildman–Crippen LogP) is 12.3. The van der Waals surface area contributed by atoms with Crippen LogP contribution < -0.4 is 0 Å². The third-order valence-electron chi connectivity index (χ3n) is 10.2. The van der Waals surface area contributed by atoms with Crippen LogP contribution >= 0.6 is 0 Å². The summed E-state index contributed by atoms with van der Waals surface area (Å²) in [4.78, 5) is 10.8. The number of hydrogen-bond donors (Lipinski definition) is 0. The van der Waals surface area contributed by atoms with Crippen molar-refractivity contribution in [3.8, 4) is 28.3 Å². The first-order valence-electron chi connectivity index (χ1n) is 16.9. The van der Waals surface area contributed by atoms with Gasteiger partial charge in [-0.15, -0.1) is 0 Å². The maximum Gasteiger partial charge on any atom is 0.236 e. The van der Waals surface area contributed by atoms with Gasteiger partial charge in [0.25, 0.3) is 0 Å². The van der Waals surface area contributed by atoms with Gasteiger partial charge in [0.2, 0.25) is 5.95 Å². The molecule has 3 heterocycles. The zero-order valence-corrected chi connectivity index (χ0v) is 26.8. The number of furan rings is 1. The first kappa shape index (κ1) is 27.2. The summed E-state index contributed by atoms with van der Waals surface area (Å²) in [7, 11) is 0. The van der Waals surface area contributed by atoms with Crippen LogP contribution in [-0.2, 0) is 0 Å². The van der Waals surface area contributed by atoms with Crippen LogP contribution in [0.3, 0.4) is 0 Å². The van der Waals surface area contributed by atoms with E-state index < -0.39 is 0 Å². The van der Waals surface area contributed by atoms with Gasteiger partial charge < -0.3 is 4.42 Å². The zero-order chi connectivity index (χ0) is 32.8. The fraction of sp³-hybridized carbons (Fsp3) is 0. The molecule has 0 atom stereocenters. The van der Waals surface area contributed by atoms with Gasteiger partial charge in [0.15, 0.2) is 5.58 Å². The Hall–Kier alpha value is -6.78. The second-order valence-corrected chi connectivity index (χ2v) is 13.0. The Morgan fingerprint density at radius 1 is 0.420 bits per heavy atom. The maximum absolute atomic E-state index is 6.74. The van der Waals surface area contributed by atoms with E-state index in [4.69, 9.17) is 14.4 Å². The first-order chi connectivity index (χ1) is 24.8. The first-order valence-corrected chi connectivity index (χ1v) is 16.9. The molecule has 0 spiro atoms. The van der Waals surface area contributed by atoms with Gasteiger partial charge in [0.1, 0.15) is 16.8 Å². The lowest BCUT2D eigenvalue weighted by molar-refractivity contribution is 0.667. The van der Waals surface area contributed by atoms with Crippen LogP contribution in [0.1, 0.15) is 0 Å². The van der Waals surface area contributed by atoms with Crippen LogP contribution in [0.4, 0.5) is 0 Å². The van der Waals surface area contributed by atoms with Gasteiger partial charge in [-0.25, -0.2) is 9.97 Å². The van der Waals surface area contributed by atoms with E-state index in [1.54, 1.807) is 0 Å². The third-order valence-corrected chi connectivity index (χ3v) is 10.2. The Morgan fingerprint density at radius 2 is 1.02 bits per heavy atom. The Balaban J connectivity index is 1.27. The number of rotatable bonds is 3. The van der Waals surface area contributed by atoms with Crippen LogP contribution in [-0.4, -0.2) is 14.5 Å². The Kier molecular flexibility index (Phi) is 5.63.